The summed E-state index contributed by atoms with van der Waals surface area (Å²) >= 11 is 0. The van der Waals surface area contributed by atoms with Gasteiger partial charge in [-0.05, 0) is 18.8 Å². The van der Waals surface area contributed by atoms with Gasteiger partial charge in [-0.2, -0.15) is 5.26 Å². The molecule has 86 valence electrons. The minimum absolute atomic E-state index is 0.0602. The van der Waals surface area contributed by atoms with Crippen LogP contribution in [0.5, 0.6) is 0 Å². The van der Waals surface area contributed by atoms with Crippen molar-refractivity contribution in [3.05, 3.63) is 0 Å². The molecule has 0 aliphatic heterocycles. The van der Waals surface area contributed by atoms with Crippen molar-refractivity contribution in [2.75, 3.05) is 11.5 Å². The lowest BCUT2D eigenvalue weighted by molar-refractivity contribution is 0.305. The Hall–Kier alpha value is -0.560. The van der Waals surface area contributed by atoms with Crippen LogP contribution in [0.25, 0.3) is 0 Å². The van der Waals surface area contributed by atoms with Crippen LogP contribution in [0.1, 0.15) is 39.0 Å². The zero-order valence-electron chi connectivity index (χ0n) is 9.28. The van der Waals surface area contributed by atoms with Gasteiger partial charge in [-0.3, -0.25) is 0 Å². The van der Waals surface area contributed by atoms with E-state index in [0.717, 1.165) is 25.7 Å². The first-order valence-corrected chi connectivity index (χ1v) is 7.51. The quantitative estimate of drug-likeness (QED) is 0.742. The third-order valence-corrected chi connectivity index (χ3v) is 5.00. The Labute approximate surface area is 92.4 Å². The van der Waals surface area contributed by atoms with Crippen LogP contribution in [0.15, 0.2) is 0 Å². The summed E-state index contributed by atoms with van der Waals surface area (Å²) in [4.78, 5) is 0. The maximum absolute atomic E-state index is 11.5. The van der Waals surface area contributed by atoms with Crippen molar-refractivity contribution in [2.45, 2.75) is 39.0 Å². The van der Waals surface area contributed by atoms with Gasteiger partial charge in [0.15, 0.2) is 9.84 Å². The summed E-state index contributed by atoms with van der Waals surface area (Å²) in [6, 6.07) is 2.18. The van der Waals surface area contributed by atoms with Gasteiger partial charge in [0.05, 0.1) is 17.7 Å². The fourth-order valence-corrected chi connectivity index (χ4v) is 3.34. The van der Waals surface area contributed by atoms with E-state index in [-0.39, 0.29) is 17.4 Å². The van der Waals surface area contributed by atoms with Gasteiger partial charge in [-0.1, -0.05) is 26.2 Å². The van der Waals surface area contributed by atoms with E-state index in [9.17, 15) is 8.42 Å². The molecule has 0 saturated heterocycles. The van der Waals surface area contributed by atoms with E-state index in [1.807, 2.05) is 0 Å². The number of hydrogen-bond acceptors (Lipinski definition) is 3. The normalized spacial score (nSPS) is 20.8. The first-order valence-electron chi connectivity index (χ1n) is 5.69. The maximum atomic E-state index is 11.5. The number of rotatable bonds is 4. The molecular weight excluding hydrogens is 210 g/mol. The predicted molar refractivity (Wildman–Crippen MR) is 60.0 cm³/mol. The van der Waals surface area contributed by atoms with Gasteiger partial charge in [0.25, 0.3) is 0 Å². The van der Waals surface area contributed by atoms with Crippen molar-refractivity contribution in [1.29, 1.82) is 5.26 Å². The molecule has 1 rings (SSSR count). The molecule has 0 aromatic heterocycles. The molecule has 0 spiro atoms. The summed E-state index contributed by atoms with van der Waals surface area (Å²) in [7, 11) is -3.00. The lowest BCUT2D eigenvalue weighted by Gasteiger charge is -2.25. The highest BCUT2D eigenvalue weighted by molar-refractivity contribution is 7.91. The van der Waals surface area contributed by atoms with Gasteiger partial charge in [0, 0.05) is 5.75 Å². The molecule has 1 aliphatic rings. The Morgan fingerprint density at radius 3 is 2.40 bits per heavy atom. The summed E-state index contributed by atoms with van der Waals surface area (Å²) in [5.74, 6) is 0.239. The molecular formula is C11H19NO2S. The van der Waals surface area contributed by atoms with E-state index in [1.54, 1.807) is 6.92 Å². The number of nitriles is 1. The van der Waals surface area contributed by atoms with Crippen LogP contribution in [0.4, 0.5) is 0 Å². The Balaban J connectivity index is 2.60. The van der Waals surface area contributed by atoms with Gasteiger partial charge < -0.3 is 0 Å². The van der Waals surface area contributed by atoms with Crippen molar-refractivity contribution in [3.63, 3.8) is 0 Å². The second-order valence-corrected chi connectivity index (χ2v) is 6.73. The van der Waals surface area contributed by atoms with Gasteiger partial charge >= 0.3 is 0 Å². The predicted octanol–water partition coefficient (Wildman–Crippen LogP) is 2.14. The van der Waals surface area contributed by atoms with Crippen molar-refractivity contribution in [3.8, 4) is 6.07 Å². The van der Waals surface area contributed by atoms with Gasteiger partial charge in [-0.15, -0.1) is 0 Å². The molecule has 1 atom stereocenters. The zero-order chi connectivity index (χ0) is 11.3. The first kappa shape index (κ1) is 12.5. The molecule has 1 fully saturated rings. The molecule has 1 saturated carbocycles. The van der Waals surface area contributed by atoms with Crippen molar-refractivity contribution in [2.24, 2.45) is 11.8 Å². The third kappa shape index (κ3) is 3.83. The third-order valence-electron chi connectivity index (χ3n) is 3.26. The highest BCUT2D eigenvalue weighted by Gasteiger charge is 2.27. The SMILES string of the molecule is CCS(=O)(=O)C[C@@H](C#N)C1CCCCC1. The van der Waals surface area contributed by atoms with Crippen LogP contribution in [-0.4, -0.2) is 19.9 Å². The fraction of sp³-hybridized carbons (Fsp3) is 0.909. The Bertz CT molecular complexity index is 323. The highest BCUT2D eigenvalue weighted by atomic mass is 32.2. The monoisotopic (exact) mass is 229 g/mol. The van der Waals surface area contributed by atoms with Crippen LogP contribution in [0.2, 0.25) is 0 Å². The summed E-state index contributed by atoms with van der Waals surface area (Å²) in [5, 5.41) is 9.02. The van der Waals surface area contributed by atoms with E-state index in [0.29, 0.717) is 5.92 Å². The molecule has 0 radical (unpaired) electrons. The molecule has 1 aliphatic carbocycles. The molecule has 4 heteroatoms. The molecule has 0 unspecified atom stereocenters. The maximum Gasteiger partial charge on any atom is 0.151 e. The van der Waals surface area contributed by atoms with Crippen molar-refractivity contribution < 1.29 is 8.42 Å². The summed E-state index contributed by atoms with van der Waals surface area (Å²) in [6.07, 6.45) is 5.58. The Morgan fingerprint density at radius 1 is 1.33 bits per heavy atom. The molecule has 3 nitrogen and oxygen atoms in total. The van der Waals surface area contributed by atoms with Crippen LogP contribution >= 0.6 is 0 Å². The number of nitrogens with zero attached hydrogens (tertiary/aromatic N) is 1. The minimum atomic E-state index is -3.00. The topological polar surface area (TPSA) is 57.9 Å². The van der Waals surface area contributed by atoms with Gasteiger partial charge in [-0.25, -0.2) is 8.42 Å². The van der Waals surface area contributed by atoms with E-state index in [4.69, 9.17) is 5.26 Å². The standard InChI is InChI=1S/C11H19NO2S/c1-2-15(13,14)9-11(8-12)10-6-4-3-5-7-10/h10-11H,2-7,9H2,1H3/t11-/m1/s1. The van der Waals surface area contributed by atoms with E-state index < -0.39 is 9.84 Å². The smallest absolute Gasteiger partial charge is 0.151 e. The summed E-state index contributed by atoms with van der Waals surface area (Å²) in [5.41, 5.74) is 0. The summed E-state index contributed by atoms with van der Waals surface area (Å²) in [6.45, 7) is 1.64. The first-order chi connectivity index (χ1) is 7.09. The van der Waals surface area contributed by atoms with Crippen LogP contribution in [0.3, 0.4) is 0 Å². The molecule has 0 bridgehead atoms. The van der Waals surface area contributed by atoms with Gasteiger partial charge in [0.1, 0.15) is 0 Å². The second kappa shape index (κ2) is 5.50. The molecule has 0 aromatic rings. The molecule has 0 heterocycles. The zero-order valence-corrected chi connectivity index (χ0v) is 10.1. The Morgan fingerprint density at radius 2 is 1.93 bits per heavy atom. The van der Waals surface area contributed by atoms with Crippen molar-refractivity contribution in [1.82, 2.24) is 0 Å². The number of sulfone groups is 1. The van der Waals surface area contributed by atoms with Crippen LogP contribution < -0.4 is 0 Å². The second-order valence-electron chi connectivity index (χ2n) is 4.33. The number of hydrogen-bond donors (Lipinski definition) is 0. The van der Waals surface area contributed by atoms with E-state index in [2.05, 4.69) is 6.07 Å². The van der Waals surface area contributed by atoms with Crippen molar-refractivity contribution >= 4 is 9.84 Å². The van der Waals surface area contributed by atoms with Gasteiger partial charge in [0.2, 0.25) is 0 Å². The minimum Gasteiger partial charge on any atom is -0.229 e. The lowest BCUT2D eigenvalue weighted by atomic mass is 9.81. The lowest BCUT2D eigenvalue weighted by Crippen LogP contribution is -2.25. The molecule has 0 N–H and O–H groups in total. The van der Waals surface area contributed by atoms with Crippen LogP contribution in [-0.2, 0) is 9.84 Å². The molecule has 0 aromatic carbocycles. The average Bonchev–Trinajstić information content (AvgIpc) is 2.27. The highest BCUT2D eigenvalue weighted by Crippen LogP contribution is 2.30. The Kier molecular flexibility index (Phi) is 4.59. The van der Waals surface area contributed by atoms with Crippen LogP contribution in [0, 0.1) is 23.2 Å². The van der Waals surface area contributed by atoms with E-state index >= 15 is 0 Å². The largest absolute Gasteiger partial charge is 0.229 e. The fourth-order valence-electron chi connectivity index (χ4n) is 2.21. The summed E-state index contributed by atoms with van der Waals surface area (Å²) < 4.78 is 22.9. The van der Waals surface area contributed by atoms with E-state index in [1.165, 1.54) is 6.42 Å². The molecule has 15 heavy (non-hydrogen) atoms. The molecule has 0 amide bonds. The average molecular weight is 229 g/mol.